The average Bonchev–Trinajstić information content (AvgIpc) is 3.33. The maximum atomic E-state index is 14.0. The molecule has 3 aromatic rings. The molecule has 0 fully saturated rings. The van der Waals surface area contributed by atoms with Gasteiger partial charge >= 0.3 is 0 Å². The number of allylic oxidation sites excluding steroid dienone is 1. The minimum Gasteiger partial charge on any atom is -0.497 e. The van der Waals surface area contributed by atoms with E-state index in [0.29, 0.717) is 5.92 Å². The van der Waals surface area contributed by atoms with Gasteiger partial charge in [-0.05, 0) is 101 Å². The lowest BCUT2D eigenvalue weighted by Gasteiger charge is -2.41. The molecule has 0 spiro atoms. The fraction of sp³-hybridized carbons (Fsp3) is 0.194. The molecule has 0 saturated heterocycles. The van der Waals surface area contributed by atoms with Crippen LogP contribution in [0.5, 0.6) is 5.75 Å². The normalized spacial score (nSPS) is 21.9. The minimum absolute atomic E-state index is 0.106. The molecule has 3 nitrogen and oxygen atoms in total. The predicted molar refractivity (Wildman–Crippen MR) is 147 cm³/mol. The first kappa shape index (κ1) is 23.7. The minimum atomic E-state index is -0.252. The Balaban J connectivity index is 1.49. The molecule has 186 valence electrons. The molecule has 0 saturated carbocycles. The Morgan fingerprint density at radius 3 is 2.27 bits per heavy atom. The van der Waals surface area contributed by atoms with Crippen LogP contribution in [-0.2, 0) is 0 Å². The number of hydrogen-bond acceptors (Lipinski definition) is 4. The third kappa shape index (κ3) is 4.51. The third-order valence-electron chi connectivity index (χ3n) is 7.06. The van der Waals surface area contributed by atoms with Gasteiger partial charge in [0.2, 0.25) is 0 Å². The molecule has 0 bridgehead atoms. The van der Waals surface area contributed by atoms with Gasteiger partial charge in [-0.3, -0.25) is 0 Å². The predicted octanol–water partition coefficient (Wildman–Crippen LogP) is 8.20. The van der Waals surface area contributed by atoms with E-state index in [1.807, 2.05) is 24.3 Å². The molecule has 0 unspecified atom stereocenters. The van der Waals surface area contributed by atoms with Crippen LogP contribution >= 0.6 is 11.8 Å². The summed E-state index contributed by atoms with van der Waals surface area (Å²) in [6, 6.07) is 21.3. The summed E-state index contributed by atoms with van der Waals surface area (Å²) in [7, 11) is 1.66. The summed E-state index contributed by atoms with van der Waals surface area (Å²) in [6.07, 6.45) is 3.92. The monoisotopic (exact) mass is 512 g/mol. The summed E-state index contributed by atoms with van der Waals surface area (Å²) in [5.41, 5.74) is 7.49. The molecule has 2 atom stereocenters. The van der Waals surface area contributed by atoms with E-state index in [9.17, 15) is 8.78 Å². The zero-order chi connectivity index (χ0) is 25.5. The Morgan fingerprint density at radius 2 is 1.59 bits per heavy atom. The molecule has 0 radical (unpaired) electrons. The van der Waals surface area contributed by atoms with Crippen LogP contribution < -0.4 is 4.74 Å². The quantitative estimate of drug-likeness (QED) is 0.352. The van der Waals surface area contributed by atoms with Crippen molar-refractivity contribution >= 4 is 28.7 Å². The maximum Gasteiger partial charge on any atom is 0.174 e. The van der Waals surface area contributed by atoms with E-state index in [1.165, 1.54) is 29.8 Å². The van der Waals surface area contributed by atoms with Gasteiger partial charge in [0, 0.05) is 5.41 Å². The molecule has 0 N–H and O–H groups in total. The number of ether oxygens (including phenoxy) is 1. The lowest BCUT2D eigenvalue weighted by molar-refractivity contribution is 0.414. The van der Waals surface area contributed by atoms with Crippen LogP contribution in [0.3, 0.4) is 0 Å². The number of halogens is 2. The first-order valence-corrected chi connectivity index (χ1v) is 13.2. The highest BCUT2D eigenvalue weighted by molar-refractivity contribution is 8.16. The zero-order valence-electron chi connectivity index (χ0n) is 20.6. The fourth-order valence-corrected chi connectivity index (χ4v) is 6.29. The number of methoxy groups -OCH3 is 1. The second-order valence-electron chi connectivity index (χ2n) is 9.68. The van der Waals surface area contributed by atoms with Crippen molar-refractivity contribution in [1.82, 2.24) is 4.90 Å². The van der Waals surface area contributed by atoms with Crippen LogP contribution in [-0.4, -0.2) is 17.2 Å². The molecule has 6 rings (SSSR count). The van der Waals surface area contributed by atoms with Crippen LogP contribution in [0.25, 0.3) is 11.8 Å². The molecule has 2 aliphatic heterocycles. The standard InChI is InChI=1S/C31H26F2N2OS/c1-19-15-23(17-20-3-9-24(32)10-4-20)29-27(16-19)30(22-5-11-25(33)12-6-22)35-28(18-37-31(35)34-29)21-7-13-26(36-2)14-8-21/h3-14,17-19,30H,15-16H2,1-2H3/b23-17+/t19-,30-/m1/s1. The second-order valence-corrected chi connectivity index (χ2v) is 10.5. The molecule has 3 aliphatic rings. The van der Waals surface area contributed by atoms with Gasteiger partial charge in [0.1, 0.15) is 17.4 Å². The number of nitrogens with zero attached hydrogens (tertiary/aromatic N) is 2. The van der Waals surface area contributed by atoms with Gasteiger partial charge in [-0.25, -0.2) is 13.8 Å². The highest BCUT2D eigenvalue weighted by Gasteiger charge is 2.41. The second kappa shape index (κ2) is 9.67. The number of aliphatic imine (C=N–C) groups is 1. The largest absolute Gasteiger partial charge is 0.497 e. The maximum absolute atomic E-state index is 14.0. The first-order valence-electron chi connectivity index (χ1n) is 12.3. The molecule has 0 aromatic heterocycles. The Bertz CT molecular complexity index is 1450. The fourth-order valence-electron chi connectivity index (χ4n) is 5.37. The van der Waals surface area contributed by atoms with Crippen molar-refractivity contribution in [1.29, 1.82) is 0 Å². The molecule has 37 heavy (non-hydrogen) atoms. The van der Waals surface area contributed by atoms with E-state index >= 15 is 0 Å². The van der Waals surface area contributed by atoms with E-state index in [0.717, 1.165) is 57.4 Å². The lowest BCUT2D eigenvalue weighted by Crippen LogP contribution is -2.35. The summed E-state index contributed by atoms with van der Waals surface area (Å²) in [5.74, 6) is 0.717. The van der Waals surface area contributed by atoms with Gasteiger partial charge in [-0.1, -0.05) is 43.0 Å². The molecular weight excluding hydrogens is 486 g/mol. The van der Waals surface area contributed by atoms with Crippen LogP contribution in [0, 0.1) is 17.6 Å². The molecule has 1 aliphatic carbocycles. The highest BCUT2D eigenvalue weighted by atomic mass is 32.2. The van der Waals surface area contributed by atoms with Crippen molar-refractivity contribution in [3.63, 3.8) is 0 Å². The van der Waals surface area contributed by atoms with Crippen molar-refractivity contribution in [3.05, 3.63) is 123 Å². The lowest BCUT2D eigenvalue weighted by atomic mass is 9.78. The Morgan fingerprint density at radius 1 is 0.919 bits per heavy atom. The van der Waals surface area contributed by atoms with E-state index < -0.39 is 0 Å². The summed E-state index contributed by atoms with van der Waals surface area (Å²) < 4.78 is 32.8. The molecule has 2 heterocycles. The topological polar surface area (TPSA) is 24.8 Å². The van der Waals surface area contributed by atoms with Gasteiger partial charge in [-0.2, -0.15) is 0 Å². The zero-order valence-corrected chi connectivity index (χ0v) is 21.4. The molecule has 3 aromatic carbocycles. The first-order chi connectivity index (χ1) is 18.0. The Kier molecular flexibility index (Phi) is 6.21. The van der Waals surface area contributed by atoms with E-state index in [1.54, 1.807) is 31.0 Å². The number of rotatable bonds is 4. The number of thioether (sulfide) groups is 1. The van der Waals surface area contributed by atoms with Crippen molar-refractivity contribution in [3.8, 4) is 5.75 Å². The van der Waals surface area contributed by atoms with Gasteiger partial charge in [0.15, 0.2) is 5.17 Å². The van der Waals surface area contributed by atoms with Gasteiger partial charge in [0.05, 0.1) is 24.5 Å². The van der Waals surface area contributed by atoms with Gasteiger partial charge in [-0.15, -0.1) is 0 Å². The van der Waals surface area contributed by atoms with Crippen molar-refractivity contribution < 1.29 is 13.5 Å². The molecular formula is C31H26F2N2OS. The van der Waals surface area contributed by atoms with E-state index in [2.05, 4.69) is 35.4 Å². The van der Waals surface area contributed by atoms with Crippen LogP contribution in [0.4, 0.5) is 8.78 Å². The van der Waals surface area contributed by atoms with Crippen molar-refractivity contribution in [2.24, 2.45) is 10.9 Å². The average molecular weight is 513 g/mol. The molecule has 0 amide bonds. The van der Waals surface area contributed by atoms with Crippen LogP contribution in [0.1, 0.15) is 42.5 Å². The van der Waals surface area contributed by atoms with Gasteiger partial charge in [0.25, 0.3) is 0 Å². The van der Waals surface area contributed by atoms with E-state index in [-0.39, 0.29) is 17.7 Å². The highest BCUT2D eigenvalue weighted by Crippen LogP contribution is 2.52. The smallest absolute Gasteiger partial charge is 0.174 e. The SMILES string of the molecule is COc1ccc(C2=CSC3=NC4=C(C[C@H](C)C/C4=C\c4ccc(F)cc4)[C@@H](c4ccc(F)cc4)N23)cc1. The Labute approximate surface area is 219 Å². The number of fused-ring (bicyclic) bond motifs is 1. The summed E-state index contributed by atoms with van der Waals surface area (Å²) in [4.78, 5) is 7.47. The summed E-state index contributed by atoms with van der Waals surface area (Å²) in [5, 5.41) is 3.04. The van der Waals surface area contributed by atoms with Crippen LogP contribution in [0.2, 0.25) is 0 Å². The van der Waals surface area contributed by atoms with Crippen LogP contribution in [0.15, 0.2) is 100 Å². The van der Waals surface area contributed by atoms with Crippen molar-refractivity contribution in [2.45, 2.75) is 25.8 Å². The van der Waals surface area contributed by atoms with E-state index in [4.69, 9.17) is 9.73 Å². The summed E-state index contributed by atoms with van der Waals surface area (Å²) >= 11 is 1.61. The third-order valence-corrected chi connectivity index (χ3v) is 7.90. The number of benzene rings is 3. The Hall–Kier alpha value is -3.64. The van der Waals surface area contributed by atoms with Gasteiger partial charge < -0.3 is 9.64 Å². The van der Waals surface area contributed by atoms with Crippen molar-refractivity contribution in [2.75, 3.05) is 7.11 Å². The number of hydrogen-bond donors (Lipinski definition) is 0. The molecule has 6 heteroatoms. The summed E-state index contributed by atoms with van der Waals surface area (Å²) in [6.45, 7) is 2.25. The number of amidine groups is 1.